The number of nitrogens with one attached hydrogen (secondary N) is 3. The highest BCUT2D eigenvalue weighted by Gasteiger charge is 2.38. The Morgan fingerprint density at radius 3 is 2.48 bits per heavy atom. The molecular weight excluding hydrogens is 403 g/mol. The number of benzene rings is 1. The molecule has 1 saturated carbocycles. The Balaban J connectivity index is 0.00000264. The van der Waals surface area contributed by atoms with Crippen LogP contribution in [0.3, 0.4) is 0 Å². The molecule has 2 atom stereocenters. The van der Waals surface area contributed by atoms with Crippen molar-refractivity contribution in [3.05, 3.63) is 35.9 Å². The standard InChI is InChI=1S/C17H26N4O.HI/c1-17(2,3)21-15(22)11-19-16(18-4)20-14-10-13(14)12-8-6-5-7-9-12;/h5-9,13-14H,10-11H2,1-4H3,(H,21,22)(H2,18,19,20);1H. The number of amides is 1. The molecule has 2 unspecified atom stereocenters. The number of guanidine groups is 1. The molecule has 0 aromatic heterocycles. The molecule has 23 heavy (non-hydrogen) atoms. The van der Waals surface area contributed by atoms with Crippen molar-refractivity contribution >= 4 is 35.8 Å². The number of carbonyl (C=O) groups excluding carboxylic acids is 1. The van der Waals surface area contributed by atoms with E-state index in [1.54, 1.807) is 7.05 Å². The zero-order chi connectivity index (χ0) is 16.2. The third kappa shape index (κ3) is 6.76. The number of aliphatic imine (C=N–C) groups is 1. The predicted octanol–water partition coefficient (Wildman–Crippen LogP) is 2.24. The van der Waals surface area contributed by atoms with Crippen molar-refractivity contribution in [2.75, 3.05) is 13.6 Å². The van der Waals surface area contributed by atoms with Crippen LogP contribution >= 0.6 is 24.0 Å². The number of rotatable bonds is 4. The fourth-order valence-electron chi connectivity index (χ4n) is 2.42. The van der Waals surface area contributed by atoms with E-state index in [2.05, 4.69) is 45.2 Å². The van der Waals surface area contributed by atoms with Gasteiger partial charge < -0.3 is 16.0 Å². The zero-order valence-corrected chi connectivity index (χ0v) is 16.5. The lowest BCUT2D eigenvalue weighted by Gasteiger charge is -2.21. The van der Waals surface area contributed by atoms with Gasteiger partial charge in [0.05, 0.1) is 6.54 Å². The molecule has 1 aromatic carbocycles. The number of halogens is 1. The molecule has 3 N–H and O–H groups in total. The Labute approximate surface area is 155 Å². The lowest BCUT2D eigenvalue weighted by molar-refractivity contribution is -0.121. The first-order valence-electron chi connectivity index (χ1n) is 7.72. The molecule has 1 aliphatic carbocycles. The Morgan fingerprint density at radius 2 is 1.91 bits per heavy atom. The summed E-state index contributed by atoms with van der Waals surface area (Å²) in [5, 5.41) is 9.35. The lowest BCUT2D eigenvalue weighted by Crippen LogP contribution is -2.48. The summed E-state index contributed by atoms with van der Waals surface area (Å²) in [5.41, 5.74) is 1.13. The summed E-state index contributed by atoms with van der Waals surface area (Å²) in [6, 6.07) is 10.9. The van der Waals surface area contributed by atoms with Gasteiger partial charge in [-0.3, -0.25) is 9.79 Å². The summed E-state index contributed by atoms with van der Waals surface area (Å²) in [7, 11) is 1.72. The molecule has 5 nitrogen and oxygen atoms in total. The van der Waals surface area contributed by atoms with E-state index in [4.69, 9.17) is 0 Å². The predicted molar refractivity (Wildman–Crippen MR) is 105 cm³/mol. The van der Waals surface area contributed by atoms with E-state index in [1.165, 1.54) is 5.56 Å². The number of nitrogens with zero attached hydrogens (tertiary/aromatic N) is 1. The Morgan fingerprint density at radius 1 is 1.26 bits per heavy atom. The maximum atomic E-state index is 11.8. The highest BCUT2D eigenvalue weighted by Crippen LogP contribution is 2.40. The van der Waals surface area contributed by atoms with Gasteiger partial charge in [0.25, 0.3) is 0 Å². The molecule has 0 heterocycles. The van der Waals surface area contributed by atoms with Crippen LogP contribution in [-0.4, -0.2) is 37.0 Å². The molecule has 2 rings (SSSR count). The second kappa shape index (κ2) is 8.52. The van der Waals surface area contributed by atoms with Gasteiger partial charge in [0, 0.05) is 24.5 Å². The summed E-state index contributed by atoms with van der Waals surface area (Å²) in [4.78, 5) is 16.0. The molecule has 128 valence electrons. The molecule has 1 aromatic rings. The largest absolute Gasteiger partial charge is 0.353 e. The molecular formula is C17H27IN4O. The maximum absolute atomic E-state index is 11.8. The molecule has 6 heteroatoms. The number of hydrogen-bond acceptors (Lipinski definition) is 2. The first-order valence-corrected chi connectivity index (χ1v) is 7.72. The minimum Gasteiger partial charge on any atom is -0.353 e. The van der Waals surface area contributed by atoms with Gasteiger partial charge in [0.15, 0.2) is 5.96 Å². The van der Waals surface area contributed by atoms with E-state index in [-0.39, 0.29) is 42.0 Å². The van der Waals surface area contributed by atoms with Crippen LogP contribution < -0.4 is 16.0 Å². The van der Waals surface area contributed by atoms with Crippen LogP contribution in [0.4, 0.5) is 0 Å². The van der Waals surface area contributed by atoms with Crippen molar-refractivity contribution in [2.24, 2.45) is 4.99 Å². The molecule has 0 bridgehead atoms. The summed E-state index contributed by atoms with van der Waals surface area (Å²) < 4.78 is 0. The molecule has 1 aliphatic rings. The Hall–Kier alpha value is -1.31. The number of hydrogen-bond donors (Lipinski definition) is 3. The van der Waals surface area contributed by atoms with Crippen molar-refractivity contribution in [2.45, 2.75) is 44.7 Å². The second-order valence-corrected chi connectivity index (χ2v) is 6.73. The monoisotopic (exact) mass is 430 g/mol. The van der Waals surface area contributed by atoms with Crippen LogP contribution in [0.25, 0.3) is 0 Å². The van der Waals surface area contributed by atoms with Gasteiger partial charge in [0.1, 0.15) is 0 Å². The van der Waals surface area contributed by atoms with Gasteiger partial charge in [-0.05, 0) is 32.8 Å². The van der Waals surface area contributed by atoms with Crippen LogP contribution in [0.15, 0.2) is 35.3 Å². The first-order chi connectivity index (χ1) is 10.4. The van der Waals surface area contributed by atoms with Gasteiger partial charge in [-0.2, -0.15) is 0 Å². The molecule has 0 radical (unpaired) electrons. The van der Waals surface area contributed by atoms with Gasteiger partial charge in [-0.15, -0.1) is 24.0 Å². The van der Waals surface area contributed by atoms with Crippen LogP contribution in [0.5, 0.6) is 0 Å². The van der Waals surface area contributed by atoms with E-state index < -0.39 is 0 Å². The molecule has 0 spiro atoms. The van der Waals surface area contributed by atoms with Crippen LogP contribution in [0, 0.1) is 0 Å². The quantitative estimate of drug-likeness (QED) is 0.390. The van der Waals surface area contributed by atoms with Crippen molar-refractivity contribution in [1.29, 1.82) is 0 Å². The molecule has 0 aliphatic heterocycles. The molecule has 0 saturated heterocycles. The summed E-state index contributed by atoms with van der Waals surface area (Å²) >= 11 is 0. The fraction of sp³-hybridized carbons (Fsp3) is 0.529. The average Bonchev–Trinajstić information content (AvgIpc) is 3.22. The summed E-state index contributed by atoms with van der Waals surface area (Å²) in [6.07, 6.45) is 1.10. The van der Waals surface area contributed by atoms with Crippen LogP contribution in [-0.2, 0) is 4.79 Å². The van der Waals surface area contributed by atoms with Crippen molar-refractivity contribution in [3.8, 4) is 0 Å². The van der Waals surface area contributed by atoms with Crippen LogP contribution in [0.2, 0.25) is 0 Å². The van der Waals surface area contributed by atoms with E-state index in [0.717, 1.165) is 6.42 Å². The topological polar surface area (TPSA) is 65.5 Å². The van der Waals surface area contributed by atoms with Gasteiger partial charge in [0.2, 0.25) is 5.91 Å². The van der Waals surface area contributed by atoms with Gasteiger partial charge in [-0.25, -0.2) is 0 Å². The van der Waals surface area contributed by atoms with Crippen molar-refractivity contribution in [1.82, 2.24) is 16.0 Å². The van der Waals surface area contributed by atoms with Crippen molar-refractivity contribution < 1.29 is 4.79 Å². The molecule has 1 amide bonds. The Bertz CT molecular complexity index is 539. The third-order valence-corrected chi connectivity index (χ3v) is 3.49. The number of carbonyl (C=O) groups is 1. The minimum absolute atomic E-state index is 0. The smallest absolute Gasteiger partial charge is 0.239 e. The average molecular weight is 430 g/mol. The highest BCUT2D eigenvalue weighted by atomic mass is 127. The maximum Gasteiger partial charge on any atom is 0.239 e. The SMILES string of the molecule is CN=C(NCC(=O)NC(C)(C)C)NC1CC1c1ccccc1.I. The van der Waals surface area contributed by atoms with Crippen LogP contribution in [0.1, 0.15) is 38.7 Å². The molecule has 1 fully saturated rings. The normalized spacial score (nSPS) is 20.3. The van der Waals surface area contributed by atoms with E-state index in [1.807, 2.05) is 26.8 Å². The zero-order valence-electron chi connectivity index (χ0n) is 14.2. The second-order valence-electron chi connectivity index (χ2n) is 6.73. The summed E-state index contributed by atoms with van der Waals surface area (Å²) in [5.74, 6) is 1.17. The minimum atomic E-state index is -0.218. The fourth-order valence-corrected chi connectivity index (χ4v) is 2.42. The van der Waals surface area contributed by atoms with E-state index in [9.17, 15) is 4.79 Å². The van der Waals surface area contributed by atoms with Gasteiger partial charge >= 0.3 is 0 Å². The first kappa shape index (κ1) is 19.7. The van der Waals surface area contributed by atoms with E-state index in [0.29, 0.717) is 17.9 Å². The lowest BCUT2D eigenvalue weighted by atomic mass is 10.1. The highest BCUT2D eigenvalue weighted by molar-refractivity contribution is 14.0. The van der Waals surface area contributed by atoms with E-state index >= 15 is 0 Å². The van der Waals surface area contributed by atoms with Gasteiger partial charge in [-0.1, -0.05) is 30.3 Å². The Kier molecular flexibility index (Phi) is 7.31. The summed E-state index contributed by atoms with van der Waals surface area (Å²) in [6.45, 7) is 6.12. The third-order valence-electron chi connectivity index (χ3n) is 3.49. The van der Waals surface area contributed by atoms with Crippen molar-refractivity contribution in [3.63, 3.8) is 0 Å².